The molecule has 4 aromatic rings. The fourth-order valence-corrected chi connectivity index (χ4v) is 3.15. The third kappa shape index (κ3) is 2.96. The van der Waals surface area contributed by atoms with Gasteiger partial charge < -0.3 is 0 Å². The van der Waals surface area contributed by atoms with Crippen LogP contribution in [0.25, 0.3) is 17.1 Å². The van der Waals surface area contributed by atoms with Crippen molar-refractivity contribution in [2.75, 3.05) is 0 Å². The van der Waals surface area contributed by atoms with Crippen molar-refractivity contribution in [3.63, 3.8) is 0 Å². The standard InChI is InChI=1S/C18H13FN4S/c19-15-9-5-4-8-14(15)12-16-20-21-18-23(16)22-17(24-18)11-10-13-6-2-1-3-7-13/h1-11H,12H2/b11-10-. The Hall–Kier alpha value is -2.86. The van der Waals surface area contributed by atoms with Gasteiger partial charge in [0.2, 0.25) is 4.96 Å². The summed E-state index contributed by atoms with van der Waals surface area (Å²) in [6.07, 6.45) is 4.31. The zero-order valence-corrected chi connectivity index (χ0v) is 13.4. The predicted octanol–water partition coefficient (Wildman–Crippen LogP) is 4.09. The van der Waals surface area contributed by atoms with Gasteiger partial charge >= 0.3 is 0 Å². The van der Waals surface area contributed by atoms with E-state index in [2.05, 4.69) is 15.3 Å². The van der Waals surface area contributed by atoms with Crippen LogP contribution in [-0.2, 0) is 6.42 Å². The van der Waals surface area contributed by atoms with Crippen LogP contribution in [0.4, 0.5) is 4.39 Å². The van der Waals surface area contributed by atoms with Crippen LogP contribution in [0, 0.1) is 5.82 Å². The molecule has 4 nitrogen and oxygen atoms in total. The van der Waals surface area contributed by atoms with E-state index >= 15 is 0 Å². The smallest absolute Gasteiger partial charge is 0.207 e. The lowest BCUT2D eigenvalue weighted by atomic mass is 10.1. The highest BCUT2D eigenvalue weighted by molar-refractivity contribution is 7.17. The number of nitrogens with zero attached hydrogens (tertiary/aromatic N) is 4. The van der Waals surface area contributed by atoms with Crippen LogP contribution in [0.15, 0.2) is 54.6 Å². The Morgan fingerprint density at radius 1 is 0.958 bits per heavy atom. The molecule has 0 amide bonds. The Kier molecular flexibility index (Phi) is 3.88. The van der Waals surface area contributed by atoms with Gasteiger partial charge in [-0.1, -0.05) is 65.9 Å². The van der Waals surface area contributed by atoms with E-state index in [1.807, 2.05) is 48.6 Å². The zero-order valence-electron chi connectivity index (χ0n) is 12.6. The molecule has 0 aliphatic carbocycles. The van der Waals surface area contributed by atoms with Crippen LogP contribution < -0.4 is 0 Å². The van der Waals surface area contributed by atoms with E-state index in [1.165, 1.54) is 17.4 Å². The van der Waals surface area contributed by atoms with Gasteiger partial charge in [0.25, 0.3) is 0 Å². The van der Waals surface area contributed by atoms with Crippen molar-refractivity contribution in [2.24, 2.45) is 0 Å². The lowest BCUT2D eigenvalue weighted by Gasteiger charge is -1.99. The summed E-state index contributed by atoms with van der Waals surface area (Å²) in [5, 5.41) is 13.6. The van der Waals surface area contributed by atoms with Crippen molar-refractivity contribution in [1.29, 1.82) is 0 Å². The minimum absolute atomic E-state index is 0.242. The molecule has 2 aromatic carbocycles. The van der Waals surface area contributed by atoms with Gasteiger partial charge in [-0.15, -0.1) is 10.2 Å². The fourth-order valence-electron chi connectivity index (χ4n) is 2.39. The van der Waals surface area contributed by atoms with Crippen LogP contribution >= 0.6 is 11.3 Å². The Morgan fingerprint density at radius 3 is 2.58 bits per heavy atom. The molecule has 0 radical (unpaired) electrons. The maximum absolute atomic E-state index is 13.8. The first kappa shape index (κ1) is 14.7. The summed E-state index contributed by atoms with van der Waals surface area (Å²) < 4.78 is 15.5. The molecule has 6 heteroatoms. The predicted molar refractivity (Wildman–Crippen MR) is 93.2 cm³/mol. The van der Waals surface area contributed by atoms with Gasteiger partial charge in [-0.25, -0.2) is 4.39 Å². The second kappa shape index (κ2) is 6.33. The average Bonchev–Trinajstić information content (AvgIpc) is 3.17. The molecule has 0 spiro atoms. The minimum Gasteiger partial charge on any atom is -0.207 e. The Bertz CT molecular complexity index is 1000. The normalized spacial score (nSPS) is 11.5. The zero-order chi connectivity index (χ0) is 16.4. The van der Waals surface area contributed by atoms with Gasteiger partial charge in [-0.2, -0.15) is 9.61 Å². The minimum atomic E-state index is -0.242. The molecule has 0 atom stereocenters. The maximum atomic E-state index is 13.8. The SMILES string of the molecule is Fc1ccccc1Cc1nnc2sc(/C=C\c3ccccc3)nn12. The van der Waals surface area contributed by atoms with Crippen LogP contribution in [-0.4, -0.2) is 19.8 Å². The second-order valence-corrected chi connectivity index (χ2v) is 6.25. The van der Waals surface area contributed by atoms with Gasteiger partial charge in [0.05, 0.1) is 0 Å². The molecule has 0 saturated carbocycles. The number of benzene rings is 2. The number of rotatable bonds is 4. The number of fused-ring (bicyclic) bond motifs is 1. The first-order valence-electron chi connectivity index (χ1n) is 7.47. The molecule has 0 saturated heterocycles. The lowest BCUT2D eigenvalue weighted by Crippen LogP contribution is -1.99. The number of halogens is 1. The van der Waals surface area contributed by atoms with Gasteiger partial charge in [0.1, 0.15) is 10.8 Å². The Morgan fingerprint density at radius 2 is 1.75 bits per heavy atom. The van der Waals surface area contributed by atoms with Crippen molar-refractivity contribution in [2.45, 2.75) is 6.42 Å². The summed E-state index contributed by atoms with van der Waals surface area (Å²) >= 11 is 1.45. The van der Waals surface area contributed by atoms with Crippen molar-refractivity contribution in [3.8, 4) is 0 Å². The van der Waals surface area contributed by atoms with Crippen molar-refractivity contribution in [1.82, 2.24) is 19.8 Å². The molecule has 0 N–H and O–H groups in total. The monoisotopic (exact) mass is 336 g/mol. The maximum Gasteiger partial charge on any atom is 0.234 e. The largest absolute Gasteiger partial charge is 0.234 e. The summed E-state index contributed by atoms with van der Waals surface area (Å²) in [5.41, 5.74) is 1.69. The highest BCUT2D eigenvalue weighted by Crippen LogP contribution is 2.19. The summed E-state index contributed by atoms with van der Waals surface area (Å²) in [4.78, 5) is 0.703. The van der Waals surface area contributed by atoms with Crippen LogP contribution in [0.5, 0.6) is 0 Å². The van der Waals surface area contributed by atoms with Gasteiger partial charge in [0.15, 0.2) is 5.82 Å². The Balaban J connectivity index is 1.62. The molecular weight excluding hydrogens is 323 g/mol. The molecule has 0 aliphatic heterocycles. The summed E-state index contributed by atoms with van der Waals surface area (Å²) in [5.74, 6) is 0.388. The topological polar surface area (TPSA) is 43.1 Å². The molecule has 24 heavy (non-hydrogen) atoms. The van der Waals surface area contributed by atoms with E-state index < -0.39 is 0 Å². The highest BCUT2D eigenvalue weighted by Gasteiger charge is 2.12. The van der Waals surface area contributed by atoms with Crippen LogP contribution in [0.1, 0.15) is 22.0 Å². The number of hydrogen-bond acceptors (Lipinski definition) is 4. The summed E-state index contributed by atoms with van der Waals surface area (Å²) in [6.45, 7) is 0. The molecule has 2 heterocycles. The van der Waals surface area contributed by atoms with Crippen molar-refractivity contribution in [3.05, 3.63) is 82.4 Å². The first-order chi connectivity index (χ1) is 11.8. The van der Waals surface area contributed by atoms with E-state index in [1.54, 1.807) is 16.6 Å². The van der Waals surface area contributed by atoms with Crippen molar-refractivity contribution < 1.29 is 4.39 Å². The third-order valence-corrected chi connectivity index (χ3v) is 4.46. The average molecular weight is 336 g/mol. The van der Waals surface area contributed by atoms with E-state index in [-0.39, 0.29) is 5.82 Å². The fraction of sp³-hybridized carbons (Fsp3) is 0.0556. The van der Waals surface area contributed by atoms with Crippen LogP contribution in [0.3, 0.4) is 0 Å². The molecule has 2 aromatic heterocycles. The van der Waals surface area contributed by atoms with Gasteiger partial charge in [-0.05, 0) is 23.3 Å². The second-order valence-electron chi connectivity index (χ2n) is 5.26. The molecule has 0 unspecified atom stereocenters. The lowest BCUT2D eigenvalue weighted by molar-refractivity contribution is 0.611. The molecule has 4 rings (SSSR count). The van der Waals surface area contributed by atoms with Crippen LogP contribution in [0.2, 0.25) is 0 Å². The summed E-state index contributed by atoms with van der Waals surface area (Å²) in [6, 6.07) is 16.7. The van der Waals surface area contributed by atoms with E-state index in [0.29, 0.717) is 22.8 Å². The van der Waals surface area contributed by atoms with E-state index in [4.69, 9.17) is 0 Å². The number of hydrogen-bond donors (Lipinski definition) is 0. The highest BCUT2D eigenvalue weighted by atomic mass is 32.1. The molecule has 0 fully saturated rings. The summed E-state index contributed by atoms with van der Waals surface area (Å²) in [7, 11) is 0. The van der Waals surface area contributed by atoms with Crippen molar-refractivity contribution >= 4 is 28.4 Å². The molecular formula is C18H13FN4S. The third-order valence-electron chi connectivity index (χ3n) is 3.60. The Labute approximate surface area is 141 Å². The van der Waals surface area contributed by atoms with E-state index in [0.717, 1.165) is 10.6 Å². The van der Waals surface area contributed by atoms with Gasteiger partial charge in [0, 0.05) is 6.42 Å². The van der Waals surface area contributed by atoms with Gasteiger partial charge in [-0.3, -0.25) is 0 Å². The van der Waals surface area contributed by atoms with E-state index in [9.17, 15) is 4.39 Å². The quantitative estimate of drug-likeness (QED) is 0.564. The molecule has 118 valence electrons. The first-order valence-corrected chi connectivity index (χ1v) is 8.29. The molecule has 0 bridgehead atoms. The number of aromatic nitrogens is 4. The molecule has 0 aliphatic rings.